The first kappa shape index (κ1) is 49.8. The molecule has 0 aromatic rings. The second-order valence-electron chi connectivity index (χ2n) is 14.6. The first-order valence-electron chi connectivity index (χ1n) is 21.9. The van der Waals surface area contributed by atoms with Gasteiger partial charge < -0.3 is 29.0 Å². The molecule has 0 radical (unpaired) electrons. The minimum absolute atomic E-state index is 0.0504. The smallest absolute Gasteiger partial charge is 0.305 e. The molecule has 0 saturated heterocycles. The van der Waals surface area contributed by atoms with Crippen LogP contribution in [0, 0.1) is 0 Å². The van der Waals surface area contributed by atoms with Crippen LogP contribution < -0.4 is 0 Å². The van der Waals surface area contributed by atoms with E-state index in [2.05, 4.69) is 25.7 Å². The van der Waals surface area contributed by atoms with Crippen LogP contribution in [0.4, 0.5) is 0 Å². The van der Waals surface area contributed by atoms with Gasteiger partial charge in [0.1, 0.15) is 0 Å². The molecule has 0 bridgehead atoms. The van der Waals surface area contributed by atoms with Gasteiger partial charge in [-0.2, -0.15) is 0 Å². The lowest BCUT2D eigenvalue weighted by Gasteiger charge is -2.21. The van der Waals surface area contributed by atoms with Gasteiger partial charge in [-0.3, -0.25) is 9.59 Å². The maximum atomic E-state index is 12.5. The number of rotatable bonds is 42. The average Bonchev–Trinajstić information content (AvgIpc) is 3.13. The van der Waals surface area contributed by atoms with Gasteiger partial charge in [0, 0.05) is 32.6 Å². The maximum Gasteiger partial charge on any atom is 0.305 e. The maximum absolute atomic E-state index is 12.5. The number of nitrogens with zero attached hydrogens (tertiary/aromatic N) is 1. The number of carbonyl (C=O) groups excluding carboxylic acids is 2. The molecule has 0 fully saturated rings. The summed E-state index contributed by atoms with van der Waals surface area (Å²) in [6, 6.07) is 0. The third kappa shape index (κ3) is 38.3. The van der Waals surface area contributed by atoms with Crippen LogP contribution in [0.25, 0.3) is 0 Å². The van der Waals surface area contributed by atoms with E-state index in [9.17, 15) is 14.7 Å². The van der Waals surface area contributed by atoms with Gasteiger partial charge in [0.05, 0.1) is 26.2 Å². The molecule has 304 valence electrons. The fourth-order valence-corrected chi connectivity index (χ4v) is 6.27. The Morgan fingerprint density at radius 3 is 1.31 bits per heavy atom. The first-order chi connectivity index (χ1) is 25.1. The number of esters is 2. The quantitative estimate of drug-likeness (QED) is 0.0377. The van der Waals surface area contributed by atoms with Crippen molar-refractivity contribution in [3.05, 3.63) is 0 Å². The number of hydrogen-bond donors (Lipinski definition) is 1. The minimum Gasteiger partial charge on any atom is -0.466 e. The Labute approximate surface area is 315 Å². The molecule has 0 unspecified atom stereocenters. The van der Waals surface area contributed by atoms with E-state index in [0.717, 1.165) is 83.7 Å². The van der Waals surface area contributed by atoms with Crippen molar-refractivity contribution in [2.45, 2.75) is 213 Å². The van der Waals surface area contributed by atoms with Gasteiger partial charge in [0.2, 0.25) is 0 Å². The summed E-state index contributed by atoms with van der Waals surface area (Å²) in [4.78, 5) is 26.8. The molecule has 0 spiro atoms. The lowest BCUT2D eigenvalue weighted by Crippen LogP contribution is -2.29. The van der Waals surface area contributed by atoms with E-state index in [1.54, 1.807) is 0 Å². The van der Waals surface area contributed by atoms with Gasteiger partial charge in [-0.25, -0.2) is 0 Å². The van der Waals surface area contributed by atoms with E-state index in [0.29, 0.717) is 52.2 Å². The van der Waals surface area contributed by atoms with Crippen molar-refractivity contribution in [3.63, 3.8) is 0 Å². The number of unbranched alkanes of at least 4 members (excludes halogenated alkanes) is 21. The number of hydrogen-bond acceptors (Lipinski definition) is 8. The molecule has 0 aliphatic carbocycles. The van der Waals surface area contributed by atoms with Gasteiger partial charge >= 0.3 is 11.9 Å². The summed E-state index contributed by atoms with van der Waals surface area (Å²) in [7, 11) is 0. The second kappa shape index (κ2) is 41.5. The van der Waals surface area contributed by atoms with Crippen LogP contribution in [0.1, 0.15) is 207 Å². The van der Waals surface area contributed by atoms with Crippen LogP contribution in [0.5, 0.6) is 0 Å². The largest absolute Gasteiger partial charge is 0.466 e. The predicted octanol–water partition coefficient (Wildman–Crippen LogP) is 11.1. The molecule has 0 amide bonds. The number of aliphatic hydroxyl groups excluding tert-OH is 1. The van der Waals surface area contributed by atoms with E-state index in [1.165, 1.54) is 96.3 Å². The zero-order valence-electron chi connectivity index (χ0n) is 34.1. The molecular formula is C43H85NO7. The SMILES string of the molecule is CCCCCCCCCOC(=O)CCCCCCCN(CCO)CCCCOC(=O)CCC(OCCCCCCCC)OCCCCCCCC. The molecule has 8 heteroatoms. The summed E-state index contributed by atoms with van der Waals surface area (Å²) in [6.45, 7) is 11.7. The van der Waals surface area contributed by atoms with Crippen molar-refractivity contribution in [2.24, 2.45) is 0 Å². The Morgan fingerprint density at radius 1 is 0.451 bits per heavy atom. The first-order valence-corrected chi connectivity index (χ1v) is 21.9. The highest BCUT2D eigenvalue weighted by molar-refractivity contribution is 5.69. The zero-order chi connectivity index (χ0) is 37.3. The number of ether oxygens (including phenoxy) is 4. The highest BCUT2D eigenvalue weighted by atomic mass is 16.7. The zero-order valence-corrected chi connectivity index (χ0v) is 34.1. The van der Waals surface area contributed by atoms with Crippen molar-refractivity contribution in [1.82, 2.24) is 4.90 Å². The van der Waals surface area contributed by atoms with Crippen LogP contribution in [0.15, 0.2) is 0 Å². The van der Waals surface area contributed by atoms with E-state index in [1.807, 2.05) is 0 Å². The van der Waals surface area contributed by atoms with Gasteiger partial charge in [-0.05, 0) is 58.0 Å². The number of aliphatic hydroxyl groups is 1. The summed E-state index contributed by atoms with van der Waals surface area (Å²) >= 11 is 0. The minimum atomic E-state index is -0.336. The topological polar surface area (TPSA) is 94.5 Å². The van der Waals surface area contributed by atoms with E-state index in [4.69, 9.17) is 18.9 Å². The van der Waals surface area contributed by atoms with Crippen LogP contribution in [-0.4, -0.2) is 80.9 Å². The molecule has 0 heterocycles. The van der Waals surface area contributed by atoms with E-state index >= 15 is 0 Å². The van der Waals surface area contributed by atoms with Gasteiger partial charge in [0.25, 0.3) is 0 Å². The standard InChI is InChI=1S/C43H85NO7/c1-4-7-10-13-16-22-26-37-48-41(46)30-23-18-17-19-24-33-44(35-36-45)34-25-29-38-49-42(47)31-32-43(50-39-27-20-14-11-8-5-2)51-40-28-21-15-12-9-6-3/h43,45H,4-40H2,1-3H3. The average molecular weight is 728 g/mol. The summed E-state index contributed by atoms with van der Waals surface area (Å²) in [5.41, 5.74) is 0. The summed E-state index contributed by atoms with van der Waals surface area (Å²) in [6.07, 6.45) is 31.3. The van der Waals surface area contributed by atoms with E-state index < -0.39 is 0 Å². The number of carbonyl (C=O) groups is 2. The molecule has 1 N–H and O–H groups in total. The molecule has 51 heavy (non-hydrogen) atoms. The van der Waals surface area contributed by atoms with Crippen LogP contribution in [-0.2, 0) is 28.5 Å². The van der Waals surface area contributed by atoms with E-state index in [-0.39, 0.29) is 24.8 Å². The Bertz CT molecular complexity index is 704. The van der Waals surface area contributed by atoms with Gasteiger partial charge in [-0.15, -0.1) is 0 Å². The third-order valence-corrected chi connectivity index (χ3v) is 9.60. The molecule has 0 atom stereocenters. The fourth-order valence-electron chi connectivity index (χ4n) is 6.27. The van der Waals surface area contributed by atoms with Crippen LogP contribution in [0.2, 0.25) is 0 Å². The molecule has 0 saturated carbocycles. The Kier molecular flexibility index (Phi) is 40.5. The second-order valence-corrected chi connectivity index (χ2v) is 14.6. The molecular weight excluding hydrogens is 642 g/mol. The van der Waals surface area contributed by atoms with Gasteiger partial charge in [-0.1, -0.05) is 143 Å². The summed E-state index contributed by atoms with van der Waals surface area (Å²) < 4.78 is 23.1. The molecule has 0 aromatic heterocycles. The molecule has 0 rings (SSSR count). The Morgan fingerprint density at radius 2 is 0.824 bits per heavy atom. The monoisotopic (exact) mass is 728 g/mol. The normalized spacial score (nSPS) is 11.6. The van der Waals surface area contributed by atoms with Crippen molar-refractivity contribution < 1.29 is 33.6 Å². The van der Waals surface area contributed by atoms with Crippen LogP contribution in [0.3, 0.4) is 0 Å². The molecule has 8 nitrogen and oxygen atoms in total. The summed E-state index contributed by atoms with van der Waals surface area (Å²) in [5, 5.41) is 9.52. The van der Waals surface area contributed by atoms with Crippen molar-refractivity contribution >= 4 is 11.9 Å². The summed E-state index contributed by atoms with van der Waals surface area (Å²) in [5.74, 6) is -0.231. The Hall–Kier alpha value is -1.22. The third-order valence-electron chi connectivity index (χ3n) is 9.60. The van der Waals surface area contributed by atoms with Crippen molar-refractivity contribution in [2.75, 3.05) is 52.7 Å². The predicted molar refractivity (Wildman–Crippen MR) is 212 cm³/mol. The van der Waals surface area contributed by atoms with Crippen molar-refractivity contribution in [3.8, 4) is 0 Å². The van der Waals surface area contributed by atoms with Crippen molar-refractivity contribution in [1.29, 1.82) is 0 Å². The highest BCUT2D eigenvalue weighted by Crippen LogP contribution is 2.13. The Balaban J connectivity index is 4.03. The lowest BCUT2D eigenvalue weighted by molar-refractivity contribution is -0.159. The van der Waals surface area contributed by atoms with Crippen LogP contribution >= 0.6 is 0 Å². The highest BCUT2D eigenvalue weighted by Gasteiger charge is 2.14. The lowest BCUT2D eigenvalue weighted by atomic mass is 10.1. The molecule has 0 aromatic carbocycles. The fraction of sp³-hybridized carbons (Fsp3) is 0.953. The molecule has 0 aliphatic heterocycles. The molecule has 0 aliphatic rings. The van der Waals surface area contributed by atoms with Gasteiger partial charge in [0.15, 0.2) is 6.29 Å².